The average molecular weight is 359 g/mol. The molecule has 0 aromatic carbocycles. The van der Waals surface area contributed by atoms with Crippen LogP contribution in [0.15, 0.2) is 21.7 Å². The zero-order valence-electron chi connectivity index (χ0n) is 7.20. The molecule has 13 heavy (non-hydrogen) atoms. The second kappa shape index (κ2) is 5.48. The van der Waals surface area contributed by atoms with Gasteiger partial charge in [-0.1, -0.05) is 0 Å². The third-order valence-corrected chi connectivity index (χ3v) is 1.93. The van der Waals surface area contributed by atoms with Crippen LogP contribution < -0.4 is 11.5 Å². The second-order valence-corrected chi connectivity index (χ2v) is 3.42. The van der Waals surface area contributed by atoms with Gasteiger partial charge in [-0.2, -0.15) is 0 Å². The lowest BCUT2D eigenvalue weighted by molar-refractivity contribution is 0.823. The van der Waals surface area contributed by atoms with Gasteiger partial charge in [0.2, 0.25) is 0 Å². The van der Waals surface area contributed by atoms with Gasteiger partial charge in [-0.25, -0.2) is 4.99 Å². The molecule has 74 valence electrons. The van der Waals surface area contributed by atoms with E-state index in [4.69, 9.17) is 11.5 Å². The first kappa shape index (κ1) is 12.8. The highest BCUT2D eigenvalue weighted by Crippen LogP contribution is 2.13. The number of hydrogen-bond donors (Lipinski definition) is 2. The molecule has 4 N–H and O–H groups in total. The summed E-state index contributed by atoms with van der Waals surface area (Å²) >= 11 is 3.36. The molecular formula is C7H12BrIN4. The number of hydrogen-bond acceptors (Lipinski definition) is 1. The number of guanidine groups is 1. The van der Waals surface area contributed by atoms with E-state index in [1.165, 1.54) is 0 Å². The molecule has 0 bridgehead atoms. The third-order valence-electron chi connectivity index (χ3n) is 1.50. The molecule has 0 fully saturated rings. The van der Waals surface area contributed by atoms with E-state index in [9.17, 15) is 0 Å². The van der Waals surface area contributed by atoms with Crippen molar-refractivity contribution in [3.05, 3.63) is 22.4 Å². The first-order valence-electron chi connectivity index (χ1n) is 3.45. The molecule has 0 saturated heterocycles. The summed E-state index contributed by atoms with van der Waals surface area (Å²) in [5.41, 5.74) is 11.5. The predicted octanol–water partition coefficient (Wildman–Crippen LogP) is 1.18. The summed E-state index contributed by atoms with van der Waals surface area (Å²) in [6, 6.07) is 1.98. The molecule has 0 atom stereocenters. The van der Waals surface area contributed by atoms with Crippen molar-refractivity contribution in [2.75, 3.05) is 0 Å². The minimum absolute atomic E-state index is 0. The summed E-state index contributed by atoms with van der Waals surface area (Å²) in [6.45, 7) is 0.518. The van der Waals surface area contributed by atoms with Gasteiger partial charge in [0.1, 0.15) is 0 Å². The molecule has 4 nitrogen and oxygen atoms in total. The van der Waals surface area contributed by atoms with Gasteiger partial charge >= 0.3 is 0 Å². The Kier molecular flexibility index (Phi) is 5.38. The molecule has 0 aliphatic carbocycles. The monoisotopic (exact) mass is 358 g/mol. The number of aryl methyl sites for hydroxylation is 1. The SMILES string of the molecule is Cn1cc(Br)cc1CN=C(N)N.I. The Morgan fingerprint density at radius 3 is 2.62 bits per heavy atom. The van der Waals surface area contributed by atoms with Crippen molar-refractivity contribution in [2.45, 2.75) is 6.54 Å². The Balaban J connectivity index is 0.00000144. The highest BCUT2D eigenvalue weighted by Gasteiger charge is 1.98. The molecular weight excluding hydrogens is 347 g/mol. The van der Waals surface area contributed by atoms with E-state index < -0.39 is 0 Å². The quantitative estimate of drug-likeness (QED) is 0.473. The number of aromatic nitrogens is 1. The van der Waals surface area contributed by atoms with Gasteiger partial charge in [-0.05, 0) is 22.0 Å². The van der Waals surface area contributed by atoms with Gasteiger partial charge in [0.05, 0.1) is 6.54 Å². The van der Waals surface area contributed by atoms with Crippen LogP contribution in [-0.2, 0) is 13.6 Å². The van der Waals surface area contributed by atoms with E-state index in [2.05, 4.69) is 20.9 Å². The van der Waals surface area contributed by atoms with Crippen LogP contribution in [0.5, 0.6) is 0 Å². The van der Waals surface area contributed by atoms with Crippen molar-refractivity contribution in [3.8, 4) is 0 Å². The minimum atomic E-state index is 0. The summed E-state index contributed by atoms with van der Waals surface area (Å²) in [7, 11) is 1.95. The summed E-state index contributed by atoms with van der Waals surface area (Å²) in [6.07, 6.45) is 1.96. The molecule has 0 aliphatic rings. The Bertz CT molecular complexity index is 303. The second-order valence-electron chi connectivity index (χ2n) is 2.50. The fourth-order valence-corrected chi connectivity index (χ4v) is 1.47. The first-order chi connectivity index (χ1) is 5.59. The van der Waals surface area contributed by atoms with Crippen molar-refractivity contribution in [2.24, 2.45) is 23.5 Å². The maximum atomic E-state index is 5.20. The summed E-state index contributed by atoms with van der Waals surface area (Å²) in [5.74, 6) is 0.118. The van der Waals surface area contributed by atoms with Crippen LogP contribution in [0, 0.1) is 0 Å². The fraction of sp³-hybridized carbons (Fsp3) is 0.286. The van der Waals surface area contributed by atoms with Gasteiger partial charge in [-0.15, -0.1) is 24.0 Å². The topological polar surface area (TPSA) is 69.3 Å². The highest BCUT2D eigenvalue weighted by atomic mass is 127. The predicted molar refractivity (Wildman–Crippen MR) is 68.0 cm³/mol. The van der Waals surface area contributed by atoms with E-state index in [0.29, 0.717) is 6.54 Å². The maximum absolute atomic E-state index is 5.20. The first-order valence-corrected chi connectivity index (χ1v) is 4.25. The normalized spacial score (nSPS) is 9.08. The lowest BCUT2D eigenvalue weighted by Gasteiger charge is -1.97. The molecule has 0 unspecified atom stereocenters. The number of halogens is 2. The fourth-order valence-electron chi connectivity index (χ4n) is 0.896. The summed E-state index contributed by atoms with van der Waals surface area (Å²) in [5, 5.41) is 0. The van der Waals surface area contributed by atoms with E-state index in [-0.39, 0.29) is 29.9 Å². The zero-order chi connectivity index (χ0) is 9.14. The number of rotatable bonds is 2. The highest BCUT2D eigenvalue weighted by molar-refractivity contribution is 14.0. The Hall–Kier alpha value is -0.240. The molecule has 0 spiro atoms. The van der Waals surface area contributed by atoms with E-state index in [0.717, 1.165) is 10.2 Å². The van der Waals surface area contributed by atoms with Gasteiger partial charge in [-0.3, -0.25) is 0 Å². The van der Waals surface area contributed by atoms with Crippen molar-refractivity contribution < 1.29 is 0 Å². The van der Waals surface area contributed by atoms with Crippen molar-refractivity contribution >= 4 is 45.9 Å². The van der Waals surface area contributed by atoms with Crippen LogP contribution in [-0.4, -0.2) is 10.5 Å². The van der Waals surface area contributed by atoms with Crippen LogP contribution in [0.3, 0.4) is 0 Å². The third kappa shape index (κ3) is 3.99. The molecule has 0 saturated carbocycles. The summed E-state index contributed by atoms with van der Waals surface area (Å²) in [4.78, 5) is 3.90. The molecule has 1 heterocycles. The van der Waals surface area contributed by atoms with Crippen molar-refractivity contribution in [3.63, 3.8) is 0 Å². The number of aliphatic imine (C=N–C) groups is 1. The summed E-state index contributed by atoms with van der Waals surface area (Å²) < 4.78 is 3.00. The van der Waals surface area contributed by atoms with Crippen LogP contribution in [0.25, 0.3) is 0 Å². The Morgan fingerprint density at radius 1 is 1.62 bits per heavy atom. The van der Waals surface area contributed by atoms with E-state index in [1.807, 2.05) is 23.9 Å². The standard InChI is InChI=1S/C7H11BrN4.HI/c1-12-4-5(8)2-6(12)3-11-7(9)10;/h2,4H,3H2,1H3,(H4,9,10,11);1H. The van der Waals surface area contributed by atoms with Crippen LogP contribution >= 0.6 is 39.9 Å². The van der Waals surface area contributed by atoms with E-state index >= 15 is 0 Å². The minimum Gasteiger partial charge on any atom is -0.370 e. The largest absolute Gasteiger partial charge is 0.370 e. The molecule has 0 radical (unpaired) electrons. The zero-order valence-corrected chi connectivity index (χ0v) is 11.1. The number of nitrogens with two attached hydrogens (primary N) is 2. The maximum Gasteiger partial charge on any atom is 0.186 e. The Labute approximate surface area is 103 Å². The van der Waals surface area contributed by atoms with Gasteiger partial charge in [0, 0.05) is 23.4 Å². The van der Waals surface area contributed by atoms with Gasteiger partial charge in [0.15, 0.2) is 5.96 Å². The van der Waals surface area contributed by atoms with E-state index in [1.54, 1.807) is 0 Å². The Morgan fingerprint density at radius 2 is 2.23 bits per heavy atom. The smallest absolute Gasteiger partial charge is 0.186 e. The van der Waals surface area contributed by atoms with Gasteiger partial charge < -0.3 is 16.0 Å². The molecule has 6 heteroatoms. The molecule has 0 aliphatic heterocycles. The lowest BCUT2D eigenvalue weighted by atomic mass is 10.4. The molecule has 1 rings (SSSR count). The van der Waals surface area contributed by atoms with Crippen LogP contribution in [0.1, 0.15) is 5.69 Å². The van der Waals surface area contributed by atoms with Crippen molar-refractivity contribution in [1.82, 2.24) is 4.57 Å². The van der Waals surface area contributed by atoms with Gasteiger partial charge in [0.25, 0.3) is 0 Å². The average Bonchev–Trinajstić information content (AvgIpc) is 2.26. The van der Waals surface area contributed by atoms with Crippen LogP contribution in [0.2, 0.25) is 0 Å². The molecule has 1 aromatic rings. The van der Waals surface area contributed by atoms with Crippen LogP contribution in [0.4, 0.5) is 0 Å². The van der Waals surface area contributed by atoms with Crippen molar-refractivity contribution in [1.29, 1.82) is 0 Å². The number of nitrogens with zero attached hydrogens (tertiary/aromatic N) is 2. The molecule has 0 amide bonds. The lowest BCUT2D eigenvalue weighted by Crippen LogP contribution is -2.22. The molecule has 1 aromatic heterocycles.